The van der Waals surface area contributed by atoms with Gasteiger partial charge in [-0.3, -0.25) is 4.79 Å². The van der Waals surface area contributed by atoms with Gasteiger partial charge in [0.1, 0.15) is 5.78 Å². The van der Waals surface area contributed by atoms with Gasteiger partial charge in [0.05, 0.1) is 5.41 Å². The molecule has 0 N–H and O–H groups in total. The van der Waals surface area contributed by atoms with Gasteiger partial charge in [-0.05, 0) is 24.8 Å². The first kappa shape index (κ1) is 12.3. The standard InChI is InChI=1S/C16H22O/c1-2-9-15(17)16(12-7-4-8-13-16)14-10-5-3-6-11-14/h3,5-6,10-11H,2,4,7-9,12-13H2,1H3. The molecule has 0 radical (unpaired) electrons. The van der Waals surface area contributed by atoms with E-state index < -0.39 is 0 Å². The van der Waals surface area contributed by atoms with Crippen LogP contribution >= 0.6 is 0 Å². The highest BCUT2D eigenvalue weighted by molar-refractivity contribution is 5.90. The molecule has 0 spiro atoms. The molecule has 0 atom stereocenters. The van der Waals surface area contributed by atoms with E-state index in [1.165, 1.54) is 24.8 Å². The number of hydrogen-bond donors (Lipinski definition) is 0. The van der Waals surface area contributed by atoms with Crippen molar-refractivity contribution in [2.24, 2.45) is 0 Å². The van der Waals surface area contributed by atoms with Crippen molar-refractivity contribution in [3.8, 4) is 0 Å². The molecular formula is C16H22O. The van der Waals surface area contributed by atoms with Crippen LogP contribution in [-0.4, -0.2) is 5.78 Å². The van der Waals surface area contributed by atoms with Crippen molar-refractivity contribution in [1.29, 1.82) is 0 Å². The number of ketones is 1. The minimum absolute atomic E-state index is 0.157. The van der Waals surface area contributed by atoms with Gasteiger partial charge in [0.25, 0.3) is 0 Å². The van der Waals surface area contributed by atoms with Crippen molar-refractivity contribution in [2.45, 2.75) is 57.3 Å². The van der Waals surface area contributed by atoms with Crippen LogP contribution in [0.2, 0.25) is 0 Å². The summed E-state index contributed by atoms with van der Waals surface area (Å²) in [6.07, 6.45) is 7.48. The lowest BCUT2D eigenvalue weighted by Crippen LogP contribution is -2.37. The molecule has 1 nitrogen and oxygen atoms in total. The number of carbonyl (C=O) groups is 1. The third kappa shape index (κ3) is 2.43. The van der Waals surface area contributed by atoms with Crippen LogP contribution in [0.5, 0.6) is 0 Å². The molecule has 0 unspecified atom stereocenters. The molecule has 1 aliphatic rings. The number of hydrogen-bond acceptors (Lipinski definition) is 1. The summed E-state index contributed by atoms with van der Waals surface area (Å²) in [5, 5.41) is 0. The molecule has 1 fully saturated rings. The number of carbonyl (C=O) groups excluding carboxylic acids is 1. The third-order valence-electron chi connectivity index (χ3n) is 4.04. The average molecular weight is 230 g/mol. The second-order valence-electron chi connectivity index (χ2n) is 5.18. The van der Waals surface area contributed by atoms with E-state index in [2.05, 4.69) is 31.2 Å². The number of rotatable bonds is 4. The molecule has 0 heterocycles. The predicted molar refractivity (Wildman–Crippen MR) is 71.1 cm³/mol. The molecular weight excluding hydrogens is 208 g/mol. The summed E-state index contributed by atoms with van der Waals surface area (Å²) in [6, 6.07) is 10.4. The van der Waals surface area contributed by atoms with E-state index in [0.29, 0.717) is 5.78 Å². The lowest BCUT2D eigenvalue weighted by Gasteiger charge is -2.36. The highest BCUT2D eigenvalue weighted by Gasteiger charge is 2.39. The Hall–Kier alpha value is -1.11. The fraction of sp³-hybridized carbons (Fsp3) is 0.562. The van der Waals surface area contributed by atoms with Crippen molar-refractivity contribution >= 4 is 5.78 Å². The molecule has 2 rings (SSSR count). The number of benzene rings is 1. The van der Waals surface area contributed by atoms with Crippen molar-refractivity contribution in [3.63, 3.8) is 0 Å². The van der Waals surface area contributed by atoms with E-state index in [-0.39, 0.29) is 5.41 Å². The maximum atomic E-state index is 12.5. The third-order valence-corrected chi connectivity index (χ3v) is 4.04. The SMILES string of the molecule is CCCC(=O)C1(c2ccccc2)CCCCC1. The van der Waals surface area contributed by atoms with Crippen LogP contribution in [0.15, 0.2) is 30.3 Å². The highest BCUT2D eigenvalue weighted by atomic mass is 16.1. The Morgan fingerprint density at radius 1 is 1.12 bits per heavy atom. The molecule has 0 aromatic heterocycles. The van der Waals surface area contributed by atoms with E-state index in [4.69, 9.17) is 0 Å². The van der Waals surface area contributed by atoms with Gasteiger partial charge in [-0.25, -0.2) is 0 Å². The predicted octanol–water partition coefficient (Wildman–Crippen LogP) is 4.26. The normalized spacial score (nSPS) is 18.9. The average Bonchev–Trinajstić information content (AvgIpc) is 2.41. The van der Waals surface area contributed by atoms with E-state index in [1.807, 2.05) is 6.07 Å². The summed E-state index contributed by atoms with van der Waals surface area (Å²) in [5.74, 6) is 0.464. The number of Topliss-reactive ketones (excluding diaryl/α,β-unsaturated/α-hetero) is 1. The second kappa shape index (κ2) is 5.48. The van der Waals surface area contributed by atoms with Crippen molar-refractivity contribution < 1.29 is 4.79 Å². The quantitative estimate of drug-likeness (QED) is 0.755. The van der Waals surface area contributed by atoms with Gasteiger partial charge in [-0.2, -0.15) is 0 Å². The molecule has 1 aromatic carbocycles. The van der Waals surface area contributed by atoms with Gasteiger partial charge in [-0.1, -0.05) is 56.5 Å². The fourth-order valence-electron chi connectivity index (χ4n) is 3.11. The van der Waals surface area contributed by atoms with Crippen LogP contribution in [-0.2, 0) is 10.2 Å². The van der Waals surface area contributed by atoms with Crippen LogP contribution < -0.4 is 0 Å². The Kier molecular flexibility index (Phi) is 3.98. The van der Waals surface area contributed by atoms with E-state index in [9.17, 15) is 4.79 Å². The lowest BCUT2D eigenvalue weighted by molar-refractivity contribution is -0.125. The Bertz CT molecular complexity index is 360. The summed E-state index contributed by atoms with van der Waals surface area (Å²) >= 11 is 0. The van der Waals surface area contributed by atoms with Crippen LogP contribution in [0, 0.1) is 0 Å². The second-order valence-corrected chi connectivity index (χ2v) is 5.18. The van der Waals surface area contributed by atoms with Crippen LogP contribution in [0.1, 0.15) is 57.4 Å². The van der Waals surface area contributed by atoms with Gasteiger partial charge in [0.15, 0.2) is 0 Å². The van der Waals surface area contributed by atoms with Crippen molar-refractivity contribution in [2.75, 3.05) is 0 Å². The first-order valence-corrected chi connectivity index (χ1v) is 6.88. The zero-order valence-electron chi connectivity index (χ0n) is 10.7. The van der Waals surface area contributed by atoms with Crippen LogP contribution in [0.4, 0.5) is 0 Å². The molecule has 0 saturated heterocycles. The van der Waals surface area contributed by atoms with Gasteiger partial charge in [-0.15, -0.1) is 0 Å². The Labute approximate surface area is 104 Å². The summed E-state index contributed by atoms with van der Waals surface area (Å²) < 4.78 is 0. The molecule has 0 amide bonds. The minimum atomic E-state index is -0.157. The molecule has 1 saturated carbocycles. The molecule has 1 aliphatic carbocycles. The minimum Gasteiger partial charge on any atom is -0.299 e. The topological polar surface area (TPSA) is 17.1 Å². The molecule has 1 aromatic rings. The Morgan fingerprint density at radius 2 is 1.76 bits per heavy atom. The van der Waals surface area contributed by atoms with Crippen molar-refractivity contribution in [3.05, 3.63) is 35.9 Å². The van der Waals surface area contributed by atoms with Crippen LogP contribution in [0.3, 0.4) is 0 Å². The summed E-state index contributed by atoms with van der Waals surface area (Å²) in [4.78, 5) is 12.5. The van der Waals surface area contributed by atoms with Gasteiger partial charge in [0.2, 0.25) is 0 Å². The zero-order chi connectivity index (χ0) is 12.1. The molecule has 92 valence electrons. The van der Waals surface area contributed by atoms with E-state index in [0.717, 1.165) is 25.7 Å². The fourth-order valence-corrected chi connectivity index (χ4v) is 3.11. The van der Waals surface area contributed by atoms with Gasteiger partial charge >= 0.3 is 0 Å². The van der Waals surface area contributed by atoms with Gasteiger partial charge in [0, 0.05) is 6.42 Å². The summed E-state index contributed by atoms with van der Waals surface area (Å²) in [6.45, 7) is 2.10. The maximum Gasteiger partial charge on any atom is 0.143 e. The molecule has 0 bridgehead atoms. The molecule has 1 heteroatoms. The maximum absolute atomic E-state index is 12.5. The van der Waals surface area contributed by atoms with Crippen LogP contribution in [0.25, 0.3) is 0 Å². The van der Waals surface area contributed by atoms with Gasteiger partial charge < -0.3 is 0 Å². The largest absolute Gasteiger partial charge is 0.299 e. The monoisotopic (exact) mass is 230 g/mol. The van der Waals surface area contributed by atoms with Crippen molar-refractivity contribution in [1.82, 2.24) is 0 Å². The van der Waals surface area contributed by atoms with E-state index in [1.54, 1.807) is 0 Å². The summed E-state index contributed by atoms with van der Waals surface area (Å²) in [5.41, 5.74) is 1.09. The first-order valence-electron chi connectivity index (χ1n) is 6.88. The first-order chi connectivity index (χ1) is 8.29. The highest BCUT2D eigenvalue weighted by Crippen LogP contribution is 2.41. The van der Waals surface area contributed by atoms with E-state index >= 15 is 0 Å². The lowest BCUT2D eigenvalue weighted by atomic mass is 9.66. The molecule has 0 aliphatic heterocycles. The molecule has 17 heavy (non-hydrogen) atoms. The smallest absolute Gasteiger partial charge is 0.143 e. The Balaban J connectivity index is 2.33. The summed E-state index contributed by atoms with van der Waals surface area (Å²) in [7, 11) is 0. The Morgan fingerprint density at radius 3 is 2.35 bits per heavy atom. The zero-order valence-corrected chi connectivity index (χ0v) is 10.7.